The van der Waals surface area contributed by atoms with Crippen molar-refractivity contribution in [1.82, 2.24) is 15.1 Å². The number of hydrogen-bond acceptors (Lipinski definition) is 4. The molecule has 2 atom stereocenters. The predicted octanol–water partition coefficient (Wildman–Crippen LogP) is 1.97. The highest BCUT2D eigenvalue weighted by Gasteiger charge is 2.32. The summed E-state index contributed by atoms with van der Waals surface area (Å²) in [4.78, 5) is 12.7. The standard InChI is InChI=1S/C17H29N3O3/c1-6-17(7-2,10-21)9-18-16(22)15-13-8-11(3)23-12(4)14(13)19-20(15)5/h11-12,21H,6-10H2,1-5H3,(H,18,22)/t11-,12+/m1/s1. The fourth-order valence-electron chi connectivity index (χ4n) is 3.28. The van der Waals surface area contributed by atoms with Crippen LogP contribution in [0.3, 0.4) is 0 Å². The first-order valence-electron chi connectivity index (χ1n) is 8.47. The van der Waals surface area contributed by atoms with Crippen molar-refractivity contribution in [2.24, 2.45) is 12.5 Å². The molecule has 130 valence electrons. The number of ether oxygens (including phenoxy) is 1. The summed E-state index contributed by atoms with van der Waals surface area (Å²) >= 11 is 0. The Kier molecular flexibility index (Phi) is 5.47. The second-order valence-corrected chi connectivity index (χ2v) is 6.68. The highest BCUT2D eigenvalue weighted by atomic mass is 16.5. The zero-order valence-corrected chi connectivity index (χ0v) is 14.8. The topological polar surface area (TPSA) is 76.4 Å². The van der Waals surface area contributed by atoms with Crippen molar-refractivity contribution in [1.29, 1.82) is 0 Å². The van der Waals surface area contributed by atoms with Crippen molar-refractivity contribution >= 4 is 5.91 Å². The number of fused-ring (bicyclic) bond motifs is 1. The zero-order chi connectivity index (χ0) is 17.2. The fourth-order valence-corrected chi connectivity index (χ4v) is 3.28. The lowest BCUT2D eigenvalue weighted by Crippen LogP contribution is -2.40. The summed E-state index contributed by atoms with van der Waals surface area (Å²) in [5, 5.41) is 17.1. The average molecular weight is 323 g/mol. The smallest absolute Gasteiger partial charge is 0.269 e. The maximum atomic E-state index is 12.7. The molecule has 0 aromatic carbocycles. The van der Waals surface area contributed by atoms with Crippen LogP contribution < -0.4 is 5.32 Å². The number of aliphatic hydroxyl groups excluding tert-OH is 1. The number of carbonyl (C=O) groups excluding carboxylic acids is 1. The van der Waals surface area contributed by atoms with Gasteiger partial charge in [0.2, 0.25) is 0 Å². The van der Waals surface area contributed by atoms with E-state index in [9.17, 15) is 9.90 Å². The molecule has 1 aromatic rings. The molecular formula is C17H29N3O3. The third kappa shape index (κ3) is 3.43. The summed E-state index contributed by atoms with van der Waals surface area (Å²) in [6, 6.07) is 0. The highest BCUT2D eigenvalue weighted by Crippen LogP contribution is 2.31. The second-order valence-electron chi connectivity index (χ2n) is 6.68. The van der Waals surface area contributed by atoms with Crippen LogP contribution in [0.5, 0.6) is 0 Å². The molecule has 0 radical (unpaired) electrons. The molecular weight excluding hydrogens is 294 g/mol. The van der Waals surface area contributed by atoms with Gasteiger partial charge >= 0.3 is 0 Å². The first kappa shape index (κ1) is 17.9. The Bertz CT molecular complexity index is 555. The summed E-state index contributed by atoms with van der Waals surface area (Å²) < 4.78 is 7.44. The Morgan fingerprint density at radius 3 is 2.65 bits per heavy atom. The van der Waals surface area contributed by atoms with Crippen molar-refractivity contribution in [3.05, 3.63) is 17.0 Å². The predicted molar refractivity (Wildman–Crippen MR) is 88.3 cm³/mol. The molecule has 1 aliphatic heterocycles. The van der Waals surface area contributed by atoms with E-state index in [1.807, 2.05) is 27.7 Å². The molecule has 0 saturated carbocycles. The van der Waals surface area contributed by atoms with Gasteiger partial charge in [-0.1, -0.05) is 13.8 Å². The van der Waals surface area contributed by atoms with E-state index in [-0.39, 0.29) is 30.1 Å². The minimum absolute atomic E-state index is 0.0751. The van der Waals surface area contributed by atoms with Gasteiger partial charge in [-0.15, -0.1) is 0 Å². The van der Waals surface area contributed by atoms with E-state index in [1.165, 1.54) is 0 Å². The second kappa shape index (κ2) is 7.01. The maximum Gasteiger partial charge on any atom is 0.269 e. The SMILES string of the molecule is CCC(CC)(CO)CNC(=O)c1c2c(nn1C)[C@H](C)O[C@H](C)C2. The number of aromatic nitrogens is 2. The molecule has 1 aliphatic rings. The van der Waals surface area contributed by atoms with Crippen LogP contribution in [-0.2, 0) is 18.2 Å². The van der Waals surface area contributed by atoms with Crippen molar-refractivity contribution in [3.63, 3.8) is 0 Å². The van der Waals surface area contributed by atoms with Crippen molar-refractivity contribution in [3.8, 4) is 0 Å². The molecule has 2 N–H and O–H groups in total. The number of hydrogen-bond donors (Lipinski definition) is 2. The summed E-state index contributed by atoms with van der Waals surface area (Å²) in [6.07, 6.45) is 2.33. The van der Waals surface area contributed by atoms with Crippen LogP contribution in [0.2, 0.25) is 0 Å². The molecule has 6 nitrogen and oxygen atoms in total. The van der Waals surface area contributed by atoms with Gasteiger partial charge in [-0.3, -0.25) is 9.48 Å². The van der Waals surface area contributed by atoms with Crippen LogP contribution >= 0.6 is 0 Å². The van der Waals surface area contributed by atoms with Gasteiger partial charge in [0.05, 0.1) is 24.5 Å². The van der Waals surface area contributed by atoms with Crippen LogP contribution in [0.1, 0.15) is 68.4 Å². The molecule has 0 spiro atoms. The zero-order valence-electron chi connectivity index (χ0n) is 14.8. The summed E-state index contributed by atoms with van der Waals surface area (Å²) in [7, 11) is 1.80. The maximum absolute atomic E-state index is 12.7. The number of carbonyl (C=O) groups is 1. The van der Waals surface area contributed by atoms with Gasteiger partial charge in [0.15, 0.2) is 0 Å². The van der Waals surface area contributed by atoms with Crippen molar-refractivity contribution < 1.29 is 14.6 Å². The van der Waals surface area contributed by atoms with E-state index in [0.717, 1.165) is 24.1 Å². The average Bonchev–Trinajstić information content (AvgIpc) is 2.85. The first-order chi connectivity index (χ1) is 10.9. The summed E-state index contributed by atoms with van der Waals surface area (Å²) in [6.45, 7) is 8.60. The lowest BCUT2D eigenvalue weighted by atomic mass is 9.83. The molecule has 0 unspecified atom stereocenters. The van der Waals surface area contributed by atoms with Crippen molar-refractivity contribution in [2.75, 3.05) is 13.2 Å². The molecule has 2 rings (SSSR count). The molecule has 1 amide bonds. The molecule has 6 heteroatoms. The van der Waals surface area contributed by atoms with Gasteiger partial charge in [-0.2, -0.15) is 5.10 Å². The third-order valence-electron chi connectivity index (χ3n) is 5.16. The fraction of sp³-hybridized carbons (Fsp3) is 0.765. The van der Waals surface area contributed by atoms with Crippen molar-refractivity contribution in [2.45, 2.75) is 59.2 Å². The van der Waals surface area contributed by atoms with E-state index in [1.54, 1.807) is 11.7 Å². The Morgan fingerprint density at radius 1 is 1.43 bits per heavy atom. The summed E-state index contributed by atoms with van der Waals surface area (Å²) in [5.74, 6) is -0.123. The van der Waals surface area contributed by atoms with E-state index >= 15 is 0 Å². The minimum atomic E-state index is -0.252. The number of aryl methyl sites for hydroxylation is 1. The monoisotopic (exact) mass is 323 g/mol. The Labute approximate surface area is 138 Å². The molecule has 0 fully saturated rings. The molecule has 23 heavy (non-hydrogen) atoms. The molecule has 0 bridgehead atoms. The molecule has 0 aliphatic carbocycles. The number of nitrogens with one attached hydrogen (secondary N) is 1. The lowest BCUT2D eigenvalue weighted by Gasteiger charge is -2.29. The number of rotatable bonds is 6. The van der Waals surface area contributed by atoms with Gasteiger partial charge in [-0.25, -0.2) is 0 Å². The molecule has 0 saturated heterocycles. The van der Waals surface area contributed by atoms with Crippen LogP contribution in [0, 0.1) is 5.41 Å². The van der Waals surface area contributed by atoms with E-state index in [2.05, 4.69) is 10.4 Å². The number of aliphatic hydroxyl groups is 1. The van der Waals surface area contributed by atoms with E-state index in [0.29, 0.717) is 18.7 Å². The van der Waals surface area contributed by atoms with Crippen LogP contribution in [0.25, 0.3) is 0 Å². The normalized spacial score (nSPS) is 21.1. The Hall–Kier alpha value is -1.40. The number of amides is 1. The van der Waals surface area contributed by atoms with Gasteiger partial charge in [-0.05, 0) is 26.7 Å². The van der Waals surface area contributed by atoms with Crippen LogP contribution in [-0.4, -0.2) is 40.0 Å². The van der Waals surface area contributed by atoms with Crippen LogP contribution in [0.15, 0.2) is 0 Å². The molecule has 2 heterocycles. The largest absolute Gasteiger partial charge is 0.396 e. The first-order valence-corrected chi connectivity index (χ1v) is 8.47. The van der Waals surface area contributed by atoms with Gasteiger partial charge in [0, 0.05) is 31.0 Å². The highest BCUT2D eigenvalue weighted by molar-refractivity contribution is 5.94. The Morgan fingerprint density at radius 2 is 2.09 bits per heavy atom. The summed E-state index contributed by atoms with van der Waals surface area (Å²) in [5.41, 5.74) is 2.20. The van der Waals surface area contributed by atoms with Gasteiger partial charge in [0.25, 0.3) is 5.91 Å². The van der Waals surface area contributed by atoms with Gasteiger partial charge in [0.1, 0.15) is 5.69 Å². The van der Waals surface area contributed by atoms with E-state index in [4.69, 9.17) is 4.74 Å². The Balaban J connectivity index is 2.21. The third-order valence-corrected chi connectivity index (χ3v) is 5.16. The van der Waals surface area contributed by atoms with Gasteiger partial charge < -0.3 is 15.2 Å². The minimum Gasteiger partial charge on any atom is -0.396 e. The lowest BCUT2D eigenvalue weighted by molar-refractivity contribution is -0.00710. The number of nitrogens with zero attached hydrogens (tertiary/aromatic N) is 2. The van der Waals surface area contributed by atoms with Crippen LogP contribution in [0.4, 0.5) is 0 Å². The quantitative estimate of drug-likeness (QED) is 0.839. The molecule has 1 aromatic heterocycles. The van der Waals surface area contributed by atoms with E-state index < -0.39 is 0 Å².